The molecule has 0 unspecified atom stereocenters. The Labute approximate surface area is 155 Å². The lowest BCUT2D eigenvalue weighted by Gasteiger charge is -2.30. The van der Waals surface area contributed by atoms with Crippen LogP contribution in [0.2, 0.25) is 5.02 Å². The summed E-state index contributed by atoms with van der Waals surface area (Å²) in [5.41, 5.74) is 0.555. The predicted octanol–water partition coefficient (Wildman–Crippen LogP) is 3.24. The number of nitrogens with zero attached hydrogens (tertiary/aromatic N) is 1. The molecule has 1 heterocycles. The average Bonchev–Trinajstić information content (AvgIpc) is 2.67. The van der Waals surface area contributed by atoms with Crippen molar-refractivity contribution in [1.82, 2.24) is 4.90 Å². The molecule has 1 aliphatic rings. The maximum Gasteiger partial charge on any atom is 0.340 e. The second-order valence-corrected chi connectivity index (χ2v) is 6.17. The number of amides is 1. The first-order valence-electron chi connectivity index (χ1n) is 8.14. The summed E-state index contributed by atoms with van der Waals surface area (Å²) in [6.45, 7) is 1.73. The van der Waals surface area contributed by atoms with E-state index in [0.29, 0.717) is 31.9 Å². The van der Waals surface area contributed by atoms with Gasteiger partial charge in [0.25, 0.3) is 5.91 Å². The highest BCUT2D eigenvalue weighted by Crippen LogP contribution is 2.25. The van der Waals surface area contributed by atoms with E-state index in [0.717, 1.165) is 12.1 Å². The minimum atomic E-state index is -1.11. The molecule has 0 spiro atoms. The largest absolute Gasteiger partial charge is 0.444 e. The molecule has 26 heavy (non-hydrogen) atoms. The van der Waals surface area contributed by atoms with E-state index in [1.165, 1.54) is 6.07 Å². The monoisotopic (exact) mass is 377 g/mol. The molecule has 136 valence electrons. The molecule has 2 aromatic carbocycles. The molecule has 2 aromatic rings. The normalized spacial score (nSPS) is 15.4. The third-order valence-corrected chi connectivity index (χ3v) is 4.34. The Balaban J connectivity index is 1.85. The Morgan fingerprint density at radius 2 is 1.81 bits per heavy atom. The van der Waals surface area contributed by atoms with Gasteiger partial charge < -0.3 is 14.4 Å². The van der Waals surface area contributed by atoms with Crippen LogP contribution in [-0.4, -0.2) is 43.1 Å². The number of hydrogen-bond acceptors (Lipinski definition) is 4. The molecular formula is C19H17ClFNO4. The fraction of sp³-hybridized carbons (Fsp3) is 0.263. The van der Waals surface area contributed by atoms with Gasteiger partial charge in [0.05, 0.1) is 23.8 Å². The van der Waals surface area contributed by atoms with E-state index in [1.807, 2.05) is 0 Å². The Morgan fingerprint density at radius 3 is 2.46 bits per heavy atom. The second kappa shape index (κ2) is 8.29. The molecule has 1 fully saturated rings. The Kier molecular flexibility index (Phi) is 5.85. The van der Waals surface area contributed by atoms with Crippen molar-refractivity contribution in [1.29, 1.82) is 0 Å². The Hall–Kier alpha value is -2.44. The molecule has 3 rings (SSSR count). The van der Waals surface area contributed by atoms with Gasteiger partial charge in [0.1, 0.15) is 5.82 Å². The standard InChI is InChI=1S/C19H17ClFNO4/c20-16-12-14(21)6-7-15(16)19(24)26-17(13-4-2-1-3-5-13)18(23)22-8-10-25-11-9-22/h1-7,12,17H,8-11H2/t17-/m0/s1. The number of esters is 1. The average molecular weight is 378 g/mol. The van der Waals surface area contributed by atoms with E-state index in [1.54, 1.807) is 35.2 Å². The lowest BCUT2D eigenvalue weighted by molar-refractivity contribution is -0.145. The molecule has 5 nitrogen and oxygen atoms in total. The number of ether oxygens (including phenoxy) is 2. The van der Waals surface area contributed by atoms with Gasteiger partial charge in [-0.2, -0.15) is 0 Å². The first kappa shape index (κ1) is 18.4. The summed E-state index contributed by atoms with van der Waals surface area (Å²) in [5, 5.41) is -0.0689. The summed E-state index contributed by atoms with van der Waals surface area (Å²) >= 11 is 5.93. The van der Waals surface area contributed by atoms with Gasteiger partial charge in [-0.3, -0.25) is 4.79 Å². The van der Waals surface area contributed by atoms with Crippen molar-refractivity contribution < 1.29 is 23.5 Å². The van der Waals surface area contributed by atoms with Crippen molar-refractivity contribution in [2.75, 3.05) is 26.3 Å². The zero-order chi connectivity index (χ0) is 18.5. The van der Waals surface area contributed by atoms with Gasteiger partial charge in [-0.25, -0.2) is 9.18 Å². The van der Waals surface area contributed by atoms with Crippen LogP contribution in [0.25, 0.3) is 0 Å². The smallest absolute Gasteiger partial charge is 0.340 e. The van der Waals surface area contributed by atoms with Crippen molar-refractivity contribution in [2.45, 2.75) is 6.10 Å². The maximum atomic E-state index is 13.2. The van der Waals surface area contributed by atoms with Crippen molar-refractivity contribution >= 4 is 23.5 Å². The zero-order valence-electron chi connectivity index (χ0n) is 13.9. The highest BCUT2D eigenvalue weighted by atomic mass is 35.5. The van der Waals surface area contributed by atoms with Gasteiger partial charge in [0, 0.05) is 18.7 Å². The molecule has 1 atom stereocenters. The Morgan fingerprint density at radius 1 is 1.12 bits per heavy atom. The number of rotatable bonds is 4. The first-order valence-corrected chi connectivity index (χ1v) is 8.51. The number of benzene rings is 2. The molecule has 1 amide bonds. The van der Waals surface area contributed by atoms with E-state index in [9.17, 15) is 14.0 Å². The van der Waals surface area contributed by atoms with Crippen LogP contribution >= 0.6 is 11.6 Å². The molecule has 0 aliphatic carbocycles. The van der Waals surface area contributed by atoms with Gasteiger partial charge in [-0.15, -0.1) is 0 Å². The minimum Gasteiger partial charge on any atom is -0.444 e. The number of morpholine rings is 1. The Bertz CT molecular complexity index is 793. The molecule has 1 saturated heterocycles. The molecule has 0 radical (unpaired) electrons. The third kappa shape index (κ3) is 4.20. The highest BCUT2D eigenvalue weighted by Gasteiger charge is 2.31. The topological polar surface area (TPSA) is 55.8 Å². The SMILES string of the molecule is O=C(O[C@H](C(=O)N1CCOCC1)c1ccccc1)c1ccc(F)cc1Cl. The molecule has 0 aromatic heterocycles. The van der Waals surface area contributed by atoms with Gasteiger partial charge >= 0.3 is 5.97 Å². The van der Waals surface area contributed by atoms with Crippen LogP contribution in [0.5, 0.6) is 0 Å². The third-order valence-electron chi connectivity index (χ3n) is 4.03. The van der Waals surface area contributed by atoms with E-state index in [4.69, 9.17) is 21.1 Å². The molecule has 0 bridgehead atoms. The summed E-state index contributed by atoms with van der Waals surface area (Å²) in [7, 11) is 0. The summed E-state index contributed by atoms with van der Waals surface area (Å²) < 4.78 is 23.9. The first-order chi connectivity index (χ1) is 12.6. The number of halogens is 2. The van der Waals surface area contributed by atoms with Crippen LogP contribution in [0.15, 0.2) is 48.5 Å². The lowest BCUT2D eigenvalue weighted by atomic mass is 10.1. The fourth-order valence-electron chi connectivity index (χ4n) is 2.66. The molecule has 1 aliphatic heterocycles. The molecule has 0 saturated carbocycles. The summed E-state index contributed by atoms with van der Waals surface area (Å²) in [5.74, 6) is -1.67. The molecule has 0 N–H and O–H groups in total. The number of carbonyl (C=O) groups excluding carboxylic acids is 2. The van der Waals surface area contributed by atoms with E-state index >= 15 is 0 Å². The van der Waals surface area contributed by atoms with Crippen LogP contribution < -0.4 is 0 Å². The van der Waals surface area contributed by atoms with Crippen molar-refractivity contribution in [3.63, 3.8) is 0 Å². The molecular weight excluding hydrogens is 361 g/mol. The number of carbonyl (C=O) groups is 2. The number of hydrogen-bond donors (Lipinski definition) is 0. The summed E-state index contributed by atoms with van der Waals surface area (Å²) in [6, 6.07) is 12.1. The highest BCUT2D eigenvalue weighted by molar-refractivity contribution is 6.33. The van der Waals surface area contributed by atoms with Crippen molar-refractivity contribution in [3.8, 4) is 0 Å². The van der Waals surface area contributed by atoms with Gasteiger partial charge in [-0.1, -0.05) is 41.9 Å². The quantitative estimate of drug-likeness (QED) is 0.768. The van der Waals surface area contributed by atoms with Crippen molar-refractivity contribution in [2.24, 2.45) is 0 Å². The van der Waals surface area contributed by atoms with E-state index in [-0.39, 0.29) is 16.5 Å². The van der Waals surface area contributed by atoms with Crippen molar-refractivity contribution in [3.05, 3.63) is 70.5 Å². The van der Waals surface area contributed by atoms with E-state index in [2.05, 4.69) is 0 Å². The van der Waals surface area contributed by atoms with Crippen LogP contribution in [0.3, 0.4) is 0 Å². The second-order valence-electron chi connectivity index (χ2n) is 5.76. The fourth-order valence-corrected chi connectivity index (χ4v) is 2.91. The summed E-state index contributed by atoms with van der Waals surface area (Å²) in [6.07, 6.45) is -1.11. The summed E-state index contributed by atoms with van der Waals surface area (Å²) in [4.78, 5) is 27.0. The predicted molar refractivity (Wildman–Crippen MR) is 93.4 cm³/mol. The van der Waals surface area contributed by atoms with Gasteiger partial charge in [0.2, 0.25) is 6.10 Å². The van der Waals surface area contributed by atoms with Gasteiger partial charge in [0.15, 0.2) is 0 Å². The lowest BCUT2D eigenvalue weighted by Crippen LogP contribution is -2.44. The minimum absolute atomic E-state index is 0.00350. The molecule has 7 heteroatoms. The van der Waals surface area contributed by atoms with Crippen LogP contribution in [0.4, 0.5) is 4.39 Å². The van der Waals surface area contributed by atoms with Crippen LogP contribution in [-0.2, 0) is 14.3 Å². The van der Waals surface area contributed by atoms with E-state index < -0.39 is 17.9 Å². The maximum absolute atomic E-state index is 13.2. The van der Waals surface area contributed by atoms with Crippen LogP contribution in [0, 0.1) is 5.82 Å². The zero-order valence-corrected chi connectivity index (χ0v) is 14.6. The van der Waals surface area contributed by atoms with Gasteiger partial charge in [-0.05, 0) is 18.2 Å². The van der Waals surface area contributed by atoms with Crippen LogP contribution in [0.1, 0.15) is 22.0 Å².